The summed E-state index contributed by atoms with van der Waals surface area (Å²) in [5.74, 6) is 0.342. The van der Waals surface area contributed by atoms with Crippen molar-refractivity contribution in [1.29, 1.82) is 0 Å². The quantitative estimate of drug-likeness (QED) is 0.700. The Kier molecular flexibility index (Phi) is 11.8. The number of piperidine rings is 1. The van der Waals surface area contributed by atoms with E-state index in [0.29, 0.717) is 5.91 Å². The highest BCUT2D eigenvalue weighted by Gasteiger charge is 2.30. The third-order valence-corrected chi connectivity index (χ3v) is 3.11. The number of hydrogen-bond acceptors (Lipinski definition) is 1. The van der Waals surface area contributed by atoms with Gasteiger partial charge in [-0.3, -0.25) is 4.79 Å². The highest BCUT2D eigenvalue weighted by molar-refractivity contribution is 5.81. The van der Waals surface area contributed by atoms with E-state index in [9.17, 15) is 4.79 Å². The molecule has 0 aromatic rings. The second-order valence-electron chi connectivity index (χ2n) is 4.59. The van der Waals surface area contributed by atoms with E-state index in [1.165, 1.54) is 19.3 Å². The zero-order valence-electron chi connectivity index (χ0n) is 13.1. The van der Waals surface area contributed by atoms with E-state index in [1.54, 1.807) is 0 Å². The standard InChI is InChI=1S/C11H21NO.2C2H6/c1-4-11(2,3)10(13)12-8-6-5-7-9-12;2*1-2/h4-9H2,1-3H3;2*1-2H3. The van der Waals surface area contributed by atoms with Gasteiger partial charge in [-0.2, -0.15) is 0 Å². The second-order valence-corrected chi connectivity index (χ2v) is 4.59. The van der Waals surface area contributed by atoms with Crippen molar-refractivity contribution < 1.29 is 4.79 Å². The van der Waals surface area contributed by atoms with Crippen LogP contribution in [0.4, 0.5) is 0 Å². The van der Waals surface area contributed by atoms with Crippen LogP contribution in [0.15, 0.2) is 0 Å². The van der Waals surface area contributed by atoms with Crippen molar-refractivity contribution in [1.82, 2.24) is 4.90 Å². The Labute approximate surface area is 109 Å². The Hall–Kier alpha value is -0.530. The van der Waals surface area contributed by atoms with Crippen LogP contribution in [0.2, 0.25) is 0 Å². The summed E-state index contributed by atoms with van der Waals surface area (Å²) in [6.45, 7) is 16.1. The number of amides is 1. The summed E-state index contributed by atoms with van der Waals surface area (Å²) in [4.78, 5) is 14.0. The maximum Gasteiger partial charge on any atom is 0.228 e. The molecule has 0 bridgehead atoms. The number of hydrogen-bond donors (Lipinski definition) is 0. The third-order valence-electron chi connectivity index (χ3n) is 3.11. The molecule has 1 fully saturated rings. The molecule has 0 N–H and O–H groups in total. The van der Waals surface area contributed by atoms with Crippen LogP contribution in [0, 0.1) is 5.41 Å². The molecule has 0 spiro atoms. The van der Waals surface area contributed by atoms with Crippen molar-refractivity contribution in [2.75, 3.05) is 13.1 Å². The molecule has 2 heteroatoms. The molecule has 0 aliphatic carbocycles. The fraction of sp³-hybridized carbons (Fsp3) is 0.933. The van der Waals surface area contributed by atoms with Crippen LogP contribution in [0.3, 0.4) is 0 Å². The third kappa shape index (κ3) is 6.70. The Balaban J connectivity index is 0. The van der Waals surface area contributed by atoms with E-state index in [4.69, 9.17) is 0 Å². The van der Waals surface area contributed by atoms with Crippen molar-refractivity contribution >= 4 is 5.91 Å². The maximum absolute atomic E-state index is 12.0. The van der Waals surface area contributed by atoms with Gasteiger partial charge in [0.25, 0.3) is 0 Å². The smallest absolute Gasteiger partial charge is 0.228 e. The molecule has 2 nitrogen and oxygen atoms in total. The van der Waals surface area contributed by atoms with Crippen molar-refractivity contribution in [3.05, 3.63) is 0 Å². The summed E-state index contributed by atoms with van der Waals surface area (Å²) in [5, 5.41) is 0. The fourth-order valence-corrected chi connectivity index (χ4v) is 1.68. The van der Waals surface area contributed by atoms with Gasteiger partial charge in [0.2, 0.25) is 5.91 Å². The summed E-state index contributed by atoms with van der Waals surface area (Å²) in [6, 6.07) is 0. The van der Waals surface area contributed by atoms with Gasteiger partial charge in [-0.15, -0.1) is 0 Å². The van der Waals surface area contributed by atoms with Crippen LogP contribution in [0.25, 0.3) is 0 Å². The Bertz CT molecular complexity index is 181. The molecule has 17 heavy (non-hydrogen) atoms. The van der Waals surface area contributed by atoms with Gasteiger partial charge in [-0.05, 0) is 25.7 Å². The normalized spacial score (nSPS) is 15.1. The molecule has 1 aliphatic heterocycles. The fourth-order valence-electron chi connectivity index (χ4n) is 1.68. The molecule has 104 valence electrons. The van der Waals surface area contributed by atoms with E-state index in [0.717, 1.165) is 19.5 Å². The highest BCUT2D eigenvalue weighted by Crippen LogP contribution is 2.24. The summed E-state index contributed by atoms with van der Waals surface area (Å²) >= 11 is 0. The van der Waals surface area contributed by atoms with E-state index in [1.807, 2.05) is 46.4 Å². The lowest BCUT2D eigenvalue weighted by Crippen LogP contribution is -2.43. The van der Waals surface area contributed by atoms with Crippen molar-refractivity contribution in [2.45, 2.75) is 74.1 Å². The molecule has 0 atom stereocenters. The molecule has 0 aromatic heterocycles. The van der Waals surface area contributed by atoms with Crippen molar-refractivity contribution in [3.63, 3.8) is 0 Å². The lowest BCUT2D eigenvalue weighted by atomic mass is 9.88. The van der Waals surface area contributed by atoms with E-state index in [2.05, 4.69) is 6.92 Å². The van der Waals surface area contributed by atoms with Crippen LogP contribution in [-0.4, -0.2) is 23.9 Å². The van der Waals surface area contributed by atoms with Gasteiger partial charge in [0.05, 0.1) is 0 Å². The molecule has 0 radical (unpaired) electrons. The van der Waals surface area contributed by atoms with Gasteiger partial charge < -0.3 is 4.90 Å². The summed E-state index contributed by atoms with van der Waals surface area (Å²) in [7, 11) is 0. The van der Waals surface area contributed by atoms with Gasteiger partial charge in [0.15, 0.2) is 0 Å². The minimum atomic E-state index is -0.155. The van der Waals surface area contributed by atoms with E-state index >= 15 is 0 Å². The largest absolute Gasteiger partial charge is 0.342 e. The van der Waals surface area contributed by atoms with Crippen molar-refractivity contribution in [3.8, 4) is 0 Å². The molecule has 1 heterocycles. The molecule has 1 amide bonds. The van der Waals surface area contributed by atoms with E-state index in [-0.39, 0.29) is 5.41 Å². The molecule has 0 saturated carbocycles. The lowest BCUT2D eigenvalue weighted by molar-refractivity contribution is -0.141. The first-order valence-corrected chi connectivity index (χ1v) is 7.37. The first-order chi connectivity index (χ1) is 8.08. The number of likely N-dealkylation sites (tertiary alicyclic amines) is 1. The minimum absolute atomic E-state index is 0.155. The lowest BCUT2D eigenvalue weighted by Gasteiger charge is -2.33. The summed E-state index contributed by atoms with van der Waals surface area (Å²) in [6.07, 6.45) is 4.59. The van der Waals surface area contributed by atoms with Gasteiger partial charge in [-0.25, -0.2) is 0 Å². The second kappa shape index (κ2) is 10.6. The van der Waals surface area contributed by atoms with Crippen LogP contribution in [0.1, 0.15) is 74.1 Å². The average Bonchev–Trinajstić information content (AvgIpc) is 2.43. The van der Waals surface area contributed by atoms with Gasteiger partial charge in [-0.1, -0.05) is 48.5 Å². The molecule has 0 aromatic carbocycles. The van der Waals surface area contributed by atoms with Crippen molar-refractivity contribution in [2.24, 2.45) is 5.41 Å². The first kappa shape index (κ1) is 18.8. The highest BCUT2D eigenvalue weighted by atomic mass is 16.2. The van der Waals surface area contributed by atoms with Gasteiger partial charge in [0.1, 0.15) is 0 Å². The Morgan fingerprint density at radius 1 is 1.00 bits per heavy atom. The number of nitrogens with zero attached hydrogens (tertiary/aromatic N) is 1. The average molecular weight is 243 g/mol. The first-order valence-electron chi connectivity index (χ1n) is 7.37. The molecule has 1 rings (SSSR count). The molecular weight excluding hydrogens is 210 g/mol. The zero-order chi connectivity index (χ0) is 13.9. The van der Waals surface area contributed by atoms with E-state index < -0.39 is 0 Å². The van der Waals surface area contributed by atoms with Crippen LogP contribution >= 0.6 is 0 Å². The molecule has 1 aliphatic rings. The Morgan fingerprint density at radius 3 is 1.76 bits per heavy atom. The predicted molar refractivity (Wildman–Crippen MR) is 77.2 cm³/mol. The maximum atomic E-state index is 12.0. The number of carbonyl (C=O) groups excluding carboxylic acids is 1. The number of rotatable bonds is 2. The van der Waals surface area contributed by atoms with Gasteiger partial charge >= 0.3 is 0 Å². The minimum Gasteiger partial charge on any atom is -0.342 e. The monoisotopic (exact) mass is 243 g/mol. The van der Waals surface area contributed by atoms with Crippen LogP contribution < -0.4 is 0 Å². The SMILES string of the molecule is CC.CC.CCC(C)(C)C(=O)N1CCCCC1. The zero-order valence-corrected chi connectivity index (χ0v) is 13.1. The topological polar surface area (TPSA) is 20.3 Å². The summed E-state index contributed by atoms with van der Waals surface area (Å²) < 4.78 is 0. The predicted octanol–water partition coefficient (Wildman–Crippen LogP) is 4.49. The Morgan fingerprint density at radius 2 is 1.41 bits per heavy atom. The summed E-state index contributed by atoms with van der Waals surface area (Å²) in [5.41, 5.74) is -0.155. The number of carbonyl (C=O) groups is 1. The molecule has 1 saturated heterocycles. The van der Waals surface area contributed by atoms with Crippen LogP contribution in [-0.2, 0) is 4.79 Å². The molecule has 0 unspecified atom stereocenters. The molecular formula is C15H33NO. The van der Waals surface area contributed by atoms with Crippen LogP contribution in [0.5, 0.6) is 0 Å². The van der Waals surface area contributed by atoms with Gasteiger partial charge in [0, 0.05) is 18.5 Å².